The predicted octanol–water partition coefficient (Wildman–Crippen LogP) is 2.88. The van der Waals surface area contributed by atoms with Crippen LogP contribution in [0.5, 0.6) is 0 Å². The SMILES string of the molecule is COC(C(=O)O)C1CCN(Cc2ccc(F)c3ccoc23)CC1. The summed E-state index contributed by atoms with van der Waals surface area (Å²) in [5.41, 5.74) is 1.54. The molecule has 5 nitrogen and oxygen atoms in total. The predicted molar refractivity (Wildman–Crippen MR) is 82.6 cm³/mol. The Balaban J connectivity index is 1.65. The Morgan fingerprint density at radius 1 is 1.43 bits per heavy atom. The first-order chi connectivity index (χ1) is 11.1. The fourth-order valence-electron chi connectivity index (χ4n) is 3.36. The van der Waals surface area contributed by atoms with E-state index in [9.17, 15) is 9.18 Å². The third-order valence-electron chi connectivity index (χ3n) is 4.60. The number of carboxylic acids is 1. The van der Waals surface area contributed by atoms with Crippen LogP contribution in [0.1, 0.15) is 18.4 Å². The monoisotopic (exact) mass is 321 g/mol. The fourth-order valence-corrected chi connectivity index (χ4v) is 3.36. The van der Waals surface area contributed by atoms with E-state index in [1.165, 1.54) is 19.4 Å². The maximum Gasteiger partial charge on any atom is 0.333 e. The van der Waals surface area contributed by atoms with E-state index in [1.807, 2.05) is 0 Å². The molecule has 1 aliphatic heterocycles. The number of furan rings is 1. The van der Waals surface area contributed by atoms with Gasteiger partial charge in [-0.2, -0.15) is 0 Å². The first-order valence-electron chi connectivity index (χ1n) is 7.72. The third kappa shape index (κ3) is 3.23. The second-order valence-electron chi connectivity index (χ2n) is 5.98. The summed E-state index contributed by atoms with van der Waals surface area (Å²) in [7, 11) is 1.44. The van der Waals surface area contributed by atoms with Crippen LogP contribution in [-0.4, -0.2) is 42.3 Å². The molecular weight excluding hydrogens is 301 g/mol. The highest BCUT2D eigenvalue weighted by Crippen LogP contribution is 2.27. The number of rotatable bonds is 5. The molecule has 0 radical (unpaired) electrons. The highest BCUT2D eigenvalue weighted by molar-refractivity contribution is 5.80. The Morgan fingerprint density at radius 2 is 2.17 bits per heavy atom. The Bertz CT molecular complexity index is 691. The normalized spacial score (nSPS) is 18.3. The lowest BCUT2D eigenvalue weighted by atomic mass is 9.91. The number of fused-ring (bicyclic) bond motifs is 1. The van der Waals surface area contributed by atoms with Gasteiger partial charge in [-0.3, -0.25) is 4.90 Å². The number of ether oxygens (including phenoxy) is 1. The summed E-state index contributed by atoms with van der Waals surface area (Å²) in [6.45, 7) is 2.25. The van der Waals surface area contributed by atoms with Gasteiger partial charge in [-0.25, -0.2) is 9.18 Å². The van der Waals surface area contributed by atoms with Gasteiger partial charge in [0.25, 0.3) is 0 Å². The van der Waals surface area contributed by atoms with Crippen molar-refractivity contribution in [2.45, 2.75) is 25.5 Å². The van der Waals surface area contributed by atoms with Crippen LogP contribution in [-0.2, 0) is 16.1 Å². The van der Waals surface area contributed by atoms with Crippen LogP contribution in [0.4, 0.5) is 4.39 Å². The molecule has 1 unspecified atom stereocenters. The number of hydrogen-bond donors (Lipinski definition) is 1. The molecule has 1 aromatic heterocycles. The van der Waals surface area contributed by atoms with E-state index >= 15 is 0 Å². The molecule has 124 valence electrons. The summed E-state index contributed by atoms with van der Waals surface area (Å²) in [5.74, 6) is -1.15. The molecule has 0 saturated carbocycles. The molecule has 6 heteroatoms. The zero-order valence-electron chi connectivity index (χ0n) is 13.0. The lowest BCUT2D eigenvalue weighted by molar-refractivity contribution is -0.153. The van der Waals surface area contributed by atoms with Gasteiger partial charge in [0, 0.05) is 19.2 Å². The number of methoxy groups -OCH3 is 1. The van der Waals surface area contributed by atoms with Gasteiger partial charge in [-0.15, -0.1) is 0 Å². The van der Waals surface area contributed by atoms with Crippen LogP contribution >= 0.6 is 0 Å². The first-order valence-corrected chi connectivity index (χ1v) is 7.72. The van der Waals surface area contributed by atoms with E-state index in [2.05, 4.69) is 4.90 Å². The molecule has 3 rings (SSSR count). The quantitative estimate of drug-likeness (QED) is 0.917. The maximum absolute atomic E-state index is 13.7. The second-order valence-corrected chi connectivity index (χ2v) is 5.98. The summed E-state index contributed by atoms with van der Waals surface area (Å²) in [4.78, 5) is 13.4. The molecule has 0 bridgehead atoms. The van der Waals surface area contributed by atoms with E-state index in [-0.39, 0.29) is 11.7 Å². The van der Waals surface area contributed by atoms with Gasteiger partial charge in [0.1, 0.15) is 11.4 Å². The van der Waals surface area contributed by atoms with Crippen LogP contribution in [0.3, 0.4) is 0 Å². The van der Waals surface area contributed by atoms with Gasteiger partial charge in [0.2, 0.25) is 0 Å². The number of likely N-dealkylation sites (tertiary alicyclic amines) is 1. The molecule has 2 aromatic rings. The van der Waals surface area contributed by atoms with Crippen molar-refractivity contribution in [1.29, 1.82) is 0 Å². The molecule has 0 amide bonds. The molecule has 1 N–H and O–H groups in total. The Hall–Kier alpha value is -1.92. The van der Waals surface area contributed by atoms with Crippen LogP contribution in [0.2, 0.25) is 0 Å². The van der Waals surface area contributed by atoms with Gasteiger partial charge in [0.15, 0.2) is 6.10 Å². The van der Waals surface area contributed by atoms with Crippen molar-refractivity contribution in [2.75, 3.05) is 20.2 Å². The summed E-state index contributed by atoms with van der Waals surface area (Å²) in [6, 6.07) is 4.85. The van der Waals surface area contributed by atoms with Gasteiger partial charge in [0.05, 0.1) is 11.6 Å². The van der Waals surface area contributed by atoms with Crippen LogP contribution in [0.15, 0.2) is 28.9 Å². The Morgan fingerprint density at radius 3 is 2.83 bits per heavy atom. The van der Waals surface area contributed by atoms with Crippen molar-refractivity contribution >= 4 is 16.9 Å². The largest absolute Gasteiger partial charge is 0.479 e. The Labute approximate surface area is 133 Å². The van der Waals surface area contributed by atoms with Crippen LogP contribution < -0.4 is 0 Å². The molecule has 1 saturated heterocycles. The van der Waals surface area contributed by atoms with Gasteiger partial charge < -0.3 is 14.3 Å². The molecule has 1 aromatic carbocycles. The van der Waals surface area contributed by atoms with Crippen molar-refractivity contribution < 1.29 is 23.4 Å². The molecule has 1 atom stereocenters. The average molecular weight is 321 g/mol. The summed E-state index contributed by atoms with van der Waals surface area (Å²) >= 11 is 0. The number of piperidine rings is 1. The zero-order chi connectivity index (χ0) is 16.4. The van der Waals surface area contributed by atoms with E-state index in [1.54, 1.807) is 12.1 Å². The lowest BCUT2D eigenvalue weighted by Crippen LogP contribution is -2.41. The molecule has 23 heavy (non-hydrogen) atoms. The standard InChI is InChI=1S/C17H20FNO4/c1-22-16(17(20)21)11-4-7-19(8-5-11)10-12-2-3-14(18)13-6-9-23-15(12)13/h2-3,6,9,11,16H,4-5,7-8,10H2,1H3,(H,20,21). The number of carboxylic acid groups (broad SMARTS) is 1. The topological polar surface area (TPSA) is 62.9 Å². The number of aliphatic carboxylic acids is 1. The van der Waals surface area contributed by atoms with Crippen molar-refractivity contribution in [3.8, 4) is 0 Å². The third-order valence-corrected chi connectivity index (χ3v) is 4.60. The first kappa shape index (κ1) is 16.0. The van der Waals surface area contributed by atoms with Crippen molar-refractivity contribution in [3.63, 3.8) is 0 Å². The van der Waals surface area contributed by atoms with Crippen molar-refractivity contribution in [3.05, 3.63) is 35.8 Å². The minimum atomic E-state index is -0.901. The number of halogens is 1. The highest BCUT2D eigenvalue weighted by atomic mass is 19.1. The lowest BCUT2D eigenvalue weighted by Gasteiger charge is -2.34. The van der Waals surface area contributed by atoms with E-state index in [4.69, 9.17) is 14.3 Å². The van der Waals surface area contributed by atoms with E-state index in [0.29, 0.717) is 17.5 Å². The van der Waals surface area contributed by atoms with Gasteiger partial charge in [-0.05, 0) is 44.0 Å². The summed E-state index contributed by atoms with van der Waals surface area (Å²) in [5, 5.41) is 9.66. The number of benzene rings is 1. The average Bonchev–Trinajstić information content (AvgIpc) is 3.03. The molecule has 2 heterocycles. The molecular formula is C17H20FNO4. The molecule has 1 aliphatic rings. The molecule has 0 spiro atoms. The number of hydrogen-bond acceptors (Lipinski definition) is 4. The minimum absolute atomic E-state index is 0.0330. The maximum atomic E-state index is 13.7. The zero-order valence-corrected chi connectivity index (χ0v) is 13.0. The molecule has 1 fully saturated rings. The smallest absolute Gasteiger partial charge is 0.333 e. The van der Waals surface area contributed by atoms with E-state index in [0.717, 1.165) is 31.5 Å². The van der Waals surface area contributed by atoms with E-state index < -0.39 is 12.1 Å². The number of carbonyl (C=O) groups is 1. The highest BCUT2D eigenvalue weighted by Gasteiger charge is 2.31. The summed E-state index contributed by atoms with van der Waals surface area (Å²) in [6.07, 6.45) is 2.31. The Kier molecular flexibility index (Phi) is 4.63. The van der Waals surface area contributed by atoms with Crippen LogP contribution in [0.25, 0.3) is 11.0 Å². The molecule has 0 aliphatic carbocycles. The summed E-state index contributed by atoms with van der Waals surface area (Å²) < 4.78 is 24.2. The van der Waals surface area contributed by atoms with Gasteiger partial charge in [-0.1, -0.05) is 6.07 Å². The van der Waals surface area contributed by atoms with Crippen molar-refractivity contribution in [2.24, 2.45) is 5.92 Å². The number of nitrogens with zero attached hydrogens (tertiary/aromatic N) is 1. The van der Waals surface area contributed by atoms with Crippen LogP contribution in [0, 0.1) is 11.7 Å². The minimum Gasteiger partial charge on any atom is -0.479 e. The van der Waals surface area contributed by atoms with Crippen molar-refractivity contribution in [1.82, 2.24) is 4.90 Å². The van der Waals surface area contributed by atoms with Gasteiger partial charge >= 0.3 is 5.97 Å². The fraction of sp³-hybridized carbons (Fsp3) is 0.471. The second kappa shape index (κ2) is 6.68.